The molecule has 1 aromatic rings. The standard InChI is InChI=1S/C14H19ClN2O2/c1-10-3-2-4-12(7-10)19-9-14(18)17-11-5-6-13(15)16-8-11/h5-6,8,10,12H,2-4,7,9H2,1H3,(H,17,18). The van der Waals surface area contributed by atoms with E-state index in [0.29, 0.717) is 16.8 Å². The van der Waals surface area contributed by atoms with Crippen molar-refractivity contribution < 1.29 is 9.53 Å². The normalized spacial score (nSPS) is 23.1. The fourth-order valence-corrected chi connectivity index (χ4v) is 2.48. The predicted molar refractivity (Wildman–Crippen MR) is 75.2 cm³/mol. The lowest BCUT2D eigenvalue weighted by Gasteiger charge is -2.26. The summed E-state index contributed by atoms with van der Waals surface area (Å²) in [5.41, 5.74) is 0.634. The van der Waals surface area contributed by atoms with Gasteiger partial charge in [0.15, 0.2) is 0 Å². The number of carbonyl (C=O) groups is 1. The molecule has 0 aromatic carbocycles. The van der Waals surface area contributed by atoms with Crippen molar-refractivity contribution in [2.24, 2.45) is 5.92 Å². The monoisotopic (exact) mass is 282 g/mol. The number of ether oxygens (including phenoxy) is 1. The van der Waals surface area contributed by atoms with Crippen LogP contribution in [0, 0.1) is 5.92 Å². The number of hydrogen-bond donors (Lipinski definition) is 1. The zero-order chi connectivity index (χ0) is 13.7. The number of anilines is 1. The van der Waals surface area contributed by atoms with Gasteiger partial charge in [-0.15, -0.1) is 0 Å². The van der Waals surface area contributed by atoms with E-state index in [1.165, 1.54) is 19.0 Å². The second kappa shape index (κ2) is 6.87. The zero-order valence-corrected chi connectivity index (χ0v) is 11.8. The van der Waals surface area contributed by atoms with E-state index in [0.717, 1.165) is 12.8 Å². The molecule has 1 N–H and O–H groups in total. The Morgan fingerprint density at radius 2 is 2.37 bits per heavy atom. The average Bonchev–Trinajstić information content (AvgIpc) is 2.39. The van der Waals surface area contributed by atoms with Crippen molar-refractivity contribution in [3.63, 3.8) is 0 Å². The van der Waals surface area contributed by atoms with Crippen molar-refractivity contribution in [1.29, 1.82) is 0 Å². The molecule has 0 radical (unpaired) electrons. The van der Waals surface area contributed by atoms with Crippen LogP contribution in [-0.4, -0.2) is 23.6 Å². The van der Waals surface area contributed by atoms with Crippen LogP contribution in [0.3, 0.4) is 0 Å². The Balaban J connectivity index is 1.73. The number of pyridine rings is 1. The maximum atomic E-state index is 11.7. The molecule has 1 aromatic heterocycles. The van der Waals surface area contributed by atoms with Crippen LogP contribution in [0.2, 0.25) is 5.15 Å². The maximum absolute atomic E-state index is 11.7. The number of rotatable bonds is 4. The second-order valence-corrected chi connectivity index (χ2v) is 5.51. The molecule has 1 saturated carbocycles. The molecule has 0 saturated heterocycles. The number of nitrogens with one attached hydrogen (secondary N) is 1. The van der Waals surface area contributed by atoms with Crippen molar-refractivity contribution >= 4 is 23.2 Å². The van der Waals surface area contributed by atoms with E-state index in [9.17, 15) is 4.79 Å². The lowest BCUT2D eigenvalue weighted by Crippen LogP contribution is -2.26. The van der Waals surface area contributed by atoms with Gasteiger partial charge in [-0.25, -0.2) is 4.98 Å². The number of aromatic nitrogens is 1. The molecular formula is C14H19ClN2O2. The summed E-state index contributed by atoms with van der Waals surface area (Å²) in [6, 6.07) is 3.36. The SMILES string of the molecule is CC1CCCC(OCC(=O)Nc2ccc(Cl)nc2)C1. The molecule has 104 valence electrons. The molecule has 0 spiro atoms. The Morgan fingerprint density at radius 3 is 3.05 bits per heavy atom. The number of nitrogens with zero attached hydrogens (tertiary/aromatic N) is 1. The van der Waals surface area contributed by atoms with Gasteiger partial charge < -0.3 is 10.1 Å². The van der Waals surface area contributed by atoms with Gasteiger partial charge in [0.25, 0.3) is 0 Å². The first-order valence-electron chi connectivity index (χ1n) is 6.66. The van der Waals surface area contributed by atoms with Crippen molar-refractivity contribution in [3.05, 3.63) is 23.5 Å². The highest BCUT2D eigenvalue weighted by Crippen LogP contribution is 2.25. The fourth-order valence-electron chi connectivity index (χ4n) is 2.37. The molecule has 0 bridgehead atoms. The summed E-state index contributed by atoms with van der Waals surface area (Å²) in [5.74, 6) is 0.546. The van der Waals surface area contributed by atoms with Crippen LogP contribution in [0.15, 0.2) is 18.3 Å². The first kappa shape index (κ1) is 14.3. The van der Waals surface area contributed by atoms with Gasteiger partial charge in [0.05, 0.1) is 18.0 Å². The number of amides is 1. The summed E-state index contributed by atoms with van der Waals surface area (Å²) >= 11 is 5.68. The Labute approximate surface area is 118 Å². The highest BCUT2D eigenvalue weighted by molar-refractivity contribution is 6.29. The molecule has 4 nitrogen and oxygen atoms in total. The van der Waals surface area contributed by atoms with Crippen LogP contribution in [0.5, 0.6) is 0 Å². The minimum absolute atomic E-state index is 0.0972. The fraction of sp³-hybridized carbons (Fsp3) is 0.571. The quantitative estimate of drug-likeness (QED) is 0.862. The minimum Gasteiger partial charge on any atom is -0.368 e. The van der Waals surface area contributed by atoms with Crippen LogP contribution in [-0.2, 0) is 9.53 Å². The molecule has 1 fully saturated rings. The summed E-state index contributed by atoms with van der Waals surface area (Å²) in [5, 5.41) is 3.14. The van der Waals surface area contributed by atoms with Gasteiger partial charge in [0.1, 0.15) is 11.8 Å². The lowest BCUT2D eigenvalue weighted by molar-refractivity contribution is -0.123. The van der Waals surface area contributed by atoms with E-state index in [1.54, 1.807) is 12.1 Å². The summed E-state index contributed by atoms with van der Waals surface area (Å²) in [6.07, 6.45) is 6.31. The van der Waals surface area contributed by atoms with Crippen LogP contribution in [0.4, 0.5) is 5.69 Å². The number of hydrogen-bond acceptors (Lipinski definition) is 3. The van der Waals surface area contributed by atoms with Gasteiger partial charge in [-0.05, 0) is 30.9 Å². The van der Waals surface area contributed by atoms with Gasteiger partial charge in [-0.2, -0.15) is 0 Å². The summed E-state index contributed by atoms with van der Waals surface area (Å²) in [4.78, 5) is 15.6. The van der Waals surface area contributed by atoms with E-state index < -0.39 is 0 Å². The lowest BCUT2D eigenvalue weighted by atomic mass is 9.89. The van der Waals surface area contributed by atoms with Gasteiger partial charge >= 0.3 is 0 Å². The highest BCUT2D eigenvalue weighted by atomic mass is 35.5. The van der Waals surface area contributed by atoms with Gasteiger partial charge in [0, 0.05) is 0 Å². The molecule has 1 aliphatic rings. The molecule has 19 heavy (non-hydrogen) atoms. The van der Waals surface area contributed by atoms with E-state index in [-0.39, 0.29) is 18.6 Å². The van der Waals surface area contributed by atoms with E-state index in [4.69, 9.17) is 16.3 Å². The maximum Gasteiger partial charge on any atom is 0.250 e. The molecule has 1 heterocycles. The number of halogens is 1. The Morgan fingerprint density at radius 1 is 1.53 bits per heavy atom. The molecule has 0 aliphatic heterocycles. The predicted octanol–water partition coefficient (Wildman–Crippen LogP) is 3.27. The van der Waals surface area contributed by atoms with E-state index >= 15 is 0 Å². The zero-order valence-electron chi connectivity index (χ0n) is 11.1. The Kier molecular flexibility index (Phi) is 5.16. The summed E-state index contributed by atoms with van der Waals surface area (Å²) in [7, 11) is 0. The van der Waals surface area contributed by atoms with Crippen LogP contribution < -0.4 is 5.32 Å². The third kappa shape index (κ3) is 4.80. The molecule has 2 unspecified atom stereocenters. The Hall–Kier alpha value is -1.13. The summed E-state index contributed by atoms with van der Waals surface area (Å²) < 4.78 is 5.65. The van der Waals surface area contributed by atoms with Crippen molar-refractivity contribution in [3.8, 4) is 0 Å². The first-order chi connectivity index (χ1) is 9.13. The van der Waals surface area contributed by atoms with E-state index in [2.05, 4.69) is 17.2 Å². The smallest absolute Gasteiger partial charge is 0.250 e. The van der Waals surface area contributed by atoms with Gasteiger partial charge in [-0.3, -0.25) is 4.79 Å². The molecule has 2 atom stereocenters. The molecule has 5 heteroatoms. The van der Waals surface area contributed by atoms with E-state index in [1.807, 2.05) is 0 Å². The Bertz CT molecular complexity index is 422. The van der Waals surface area contributed by atoms with Crippen molar-refractivity contribution in [2.75, 3.05) is 11.9 Å². The van der Waals surface area contributed by atoms with Crippen LogP contribution in [0.1, 0.15) is 32.6 Å². The third-order valence-corrected chi connectivity index (χ3v) is 3.57. The summed E-state index contributed by atoms with van der Waals surface area (Å²) in [6.45, 7) is 2.33. The van der Waals surface area contributed by atoms with Gasteiger partial charge in [0.2, 0.25) is 5.91 Å². The second-order valence-electron chi connectivity index (χ2n) is 5.12. The van der Waals surface area contributed by atoms with Gasteiger partial charge in [-0.1, -0.05) is 31.4 Å². The molecular weight excluding hydrogens is 264 g/mol. The molecule has 1 aliphatic carbocycles. The van der Waals surface area contributed by atoms with Crippen molar-refractivity contribution in [2.45, 2.75) is 38.7 Å². The van der Waals surface area contributed by atoms with Crippen LogP contribution in [0.25, 0.3) is 0 Å². The number of carbonyl (C=O) groups excluding carboxylic acids is 1. The first-order valence-corrected chi connectivity index (χ1v) is 7.04. The molecule has 2 rings (SSSR count). The minimum atomic E-state index is -0.151. The average molecular weight is 283 g/mol. The largest absolute Gasteiger partial charge is 0.368 e. The third-order valence-electron chi connectivity index (χ3n) is 3.35. The van der Waals surface area contributed by atoms with Crippen molar-refractivity contribution in [1.82, 2.24) is 4.98 Å². The van der Waals surface area contributed by atoms with Crippen LogP contribution >= 0.6 is 11.6 Å². The topological polar surface area (TPSA) is 51.2 Å². The molecule has 1 amide bonds. The highest BCUT2D eigenvalue weighted by Gasteiger charge is 2.20.